The summed E-state index contributed by atoms with van der Waals surface area (Å²) in [6.45, 7) is 6.31. The number of phenolic OH excluding ortho intramolecular Hbond substituents is 1. The monoisotopic (exact) mass is 395 g/mol. The summed E-state index contributed by atoms with van der Waals surface area (Å²) in [5, 5.41) is 17.0. The highest BCUT2D eigenvalue weighted by Crippen LogP contribution is 2.36. The van der Waals surface area contributed by atoms with Gasteiger partial charge in [-0.3, -0.25) is 4.79 Å². The standard InChI is InChI=1S/C21H25N5O3/c1-3-26-16-5-6-18(27)20(29-2)15(16)12-17(26)21(28)24-14-4-7-19(23-13-14)25-10-8-22-9-11-25/h4-7,12-13,22,27H,3,8-11H2,1-2H3,(H,24,28). The van der Waals surface area contributed by atoms with Gasteiger partial charge in [0, 0.05) is 38.1 Å². The largest absolute Gasteiger partial charge is 0.504 e. The maximum Gasteiger partial charge on any atom is 0.272 e. The number of aryl methyl sites for hydroxylation is 1. The number of carbonyl (C=O) groups is 1. The number of anilines is 2. The average molecular weight is 395 g/mol. The Labute approximate surface area is 169 Å². The SMILES string of the molecule is CCn1c(C(=O)Nc2ccc(N3CCNCC3)nc2)cc2c(OC)c(O)ccc21. The van der Waals surface area contributed by atoms with E-state index in [1.165, 1.54) is 7.11 Å². The Kier molecular flexibility index (Phi) is 5.26. The highest BCUT2D eigenvalue weighted by Gasteiger charge is 2.19. The summed E-state index contributed by atoms with van der Waals surface area (Å²) in [5.41, 5.74) is 1.97. The molecule has 0 atom stereocenters. The predicted octanol–water partition coefficient (Wildman–Crippen LogP) is 2.43. The molecule has 29 heavy (non-hydrogen) atoms. The van der Waals surface area contributed by atoms with Crippen molar-refractivity contribution in [3.05, 3.63) is 42.2 Å². The van der Waals surface area contributed by atoms with Crippen LogP contribution in [0.5, 0.6) is 11.5 Å². The zero-order valence-corrected chi connectivity index (χ0v) is 16.6. The van der Waals surface area contributed by atoms with Crippen molar-refractivity contribution in [3.63, 3.8) is 0 Å². The van der Waals surface area contributed by atoms with Crippen LogP contribution in [0, 0.1) is 0 Å². The first kappa shape index (κ1) is 19.1. The molecule has 1 fully saturated rings. The normalized spacial score (nSPS) is 14.2. The molecular weight excluding hydrogens is 370 g/mol. The lowest BCUT2D eigenvalue weighted by Crippen LogP contribution is -2.43. The summed E-state index contributed by atoms with van der Waals surface area (Å²) in [6.07, 6.45) is 1.68. The number of nitrogens with one attached hydrogen (secondary N) is 2. The minimum absolute atomic E-state index is 0.0490. The maximum atomic E-state index is 13.0. The van der Waals surface area contributed by atoms with Gasteiger partial charge in [-0.05, 0) is 37.3 Å². The maximum absolute atomic E-state index is 13.0. The summed E-state index contributed by atoms with van der Waals surface area (Å²) >= 11 is 0. The van der Waals surface area contributed by atoms with E-state index in [0.717, 1.165) is 37.5 Å². The van der Waals surface area contributed by atoms with Crippen LogP contribution < -0.4 is 20.3 Å². The minimum atomic E-state index is -0.235. The fraction of sp³-hybridized carbons (Fsp3) is 0.333. The quantitative estimate of drug-likeness (QED) is 0.615. The Morgan fingerprint density at radius 3 is 2.72 bits per heavy atom. The van der Waals surface area contributed by atoms with Crippen molar-refractivity contribution < 1.29 is 14.6 Å². The molecule has 152 valence electrons. The van der Waals surface area contributed by atoms with Gasteiger partial charge in [0.15, 0.2) is 11.5 Å². The molecule has 3 aromatic rings. The van der Waals surface area contributed by atoms with Crippen LogP contribution in [-0.4, -0.2) is 53.9 Å². The van der Waals surface area contributed by atoms with Gasteiger partial charge in [0.05, 0.1) is 24.5 Å². The first-order valence-electron chi connectivity index (χ1n) is 9.74. The van der Waals surface area contributed by atoms with Crippen LogP contribution in [0.4, 0.5) is 11.5 Å². The fourth-order valence-electron chi connectivity index (χ4n) is 3.78. The first-order valence-corrected chi connectivity index (χ1v) is 9.74. The van der Waals surface area contributed by atoms with Gasteiger partial charge in [0.25, 0.3) is 5.91 Å². The summed E-state index contributed by atoms with van der Waals surface area (Å²) in [4.78, 5) is 19.7. The number of piperazine rings is 1. The van der Waals surface area contributed by atoms with Gasteiger partial charge < -0.3 is 29.9 Å². The predicted molar refractivity (Wildman–Crippen MR) is 113 cm³/mol. The number of carbonyl (C=O) groups excluding carboxylic acids is 1. The molecule has 3 N–H and O–H groups in total. The third-order valence-electron chi connectivity index (χ3n) is 5.21. The molecule has 1 aliphatic rings. The topological polar surface area (TPSA) is 91.7 Å². The van der Waals surface area contributed by atoms with Crippen molar-refractivity contribution in [3.8, 4) is 11.5 Å². The number of fused-ring (bicyclic) bond motifs is 1. The Hall–Kier alpha value is -3.26. The fourth-order valence-corrected chi connectivity index (χ4v) is 3.78. The lowest BCUT2D eigenvalue weighted by atomic mass is 10.2. The summed E-state index contributed by atoms with van der Waals surface area (Å²) in [5.74, 6) is 1.09. The third-order valence-corrected chi connectivity index (χ3v) is 5.21. The van der Waals surface area contributed by atoms with E-state index in [4.69, 9.17) is 4.74 Å². The number of phenols is 1. The summed E-state index contributed by atoms with van der Waals surface area (Å²) in [7, 11) is 1.50. The molecule has 0 bridgehead atoms. The number of hydrogen-bond acceptors (Lipinski definition) is 6. The smallest absolute Gasteiger partial charge is 0.272 e. The molecule has 8 nitrogen and oxygen atoms in total. The number of pyridine rings is 1. The van der Waals surface area contributed by atoms with Crippen LogP contribution in [0.1, 0.15) is 17.4 Å². The number of benzene rings is 1. The molecule has 0 radical (unpaired) electrons. The minimum Gasteiger partial charge on any atom is -0.504 e. The second-order valence-corrected chi connectivity index (χ2v) is 6.92. The summed E-state index contributed by atoms with van der Waals surface area (Å²) in [6, 6.07) is 8.91. The zero-order valence-electron chi connectivity index (χ0n) is 16.6. The van der Waals surface area contributed by atoms with E-state index in [-0.39, 0.29) is 11.7 Å². The molecule has 4 rings (SSSR count). The third kappa shape index (κ3) is 3.58. The van der Waals surface area contributed by atoms with Gasteiger partial charge in [-0.2, -0.15) is 0 Å². The number of methoxy groups -OCH3 is 1. The second-order valence-electron chi connectivity index (χ2n) is 6.92. The molecule has 0 unspecified atom stereocenters. The van der Waals surface area contributed by atoms with Gasteiger partial charge in [-0.25, -0.2) is 4.98 Å². The highest BCUT2D eigenvalue weighted by atomic mass is 16.5. The van der Waals surface area contributed by atoms with Crippen molar-refractivity contribution in [1.29, 1.82) is 0 Å². The number of ether oxygens (including phenoxy) is 1. The molecule has 2 aromatic heterocycles. The van der Waals surface area contributed by atoms with Crippen LogP contribution in [-0.2, 0) is 6.54 Å². The molecule has 3 heterocycles. The molecule has 0 saturated carbocycles. The lowest BCUT2D eigenvalue weighted by Gasteiger charge is -2.28. The van der Waals surface area contributed by atoms with E-state index in [1.54, 1.807) is 24.4 Å². The van der Waals surface area contributed by atoms with Gasteiger partial charge in [0.1, 0.15) is 11.5 Å². The Bertz CT molecular complexity index is 1020. The molecule has 0 spiro atoms. The van der Waals surface area contributed by atoms with Crippen LogP contribution >= 0.6 is 0 Å². The van der Waals surface area contributed by atoms with Crippen molar-refractivity contribution in [2.24, 2.45) is 0 Å². The number of aromatic nitrogens is 2. The molecule has 1 aromatic carbocycles. The number of rotatable bonds is 5. The van der Waals surface area contributed by atoms with E-state index < -0.39 is 0 Å². The number of nitrogens with zero attached hydrogens (tertiary/aromatic N) is 3. The van der Waals surface area contributed by atoms with Crippen molar-refractivity contribution >= 4 is 28.3 Å². The summed E-state index contributed by atoms with van der Waals surface area (Å²) < 4.78 is 7.22. The molecule has 1 saturated heterocycles. The number of amides is 1. The molecule has 8 heteroatoms. The van der Waals surface area contributed by atoms with Gasteiger partial charge >= 0.3 is 0 Å². The average Bonchev–Trinajstić information content (AvgIpc) is 3.13. The number of hydrogen-bond donors (Lipinski definition) is 3. The second kappa shape index (κ2) is 8.00. The lowest BCUT2D eigenvalue weighted by molar-refractivity contribution is 0.101. The van der Waals surface area contributed by atoms with Crippen LogP contribution in [0.2, 0.25) is 0 Å². The molecule has 1 aliphatic heterocycles. The van der Waals surface area contributed by atoms with Gasteiger partial charge in [-0.1, -0.05) is 0 Å². The van der Waals surface area contributed by atoms with Gasteiger partial charge in [0.2, 0.25) is 0 Å². The van der Waals surface area contributed by atoms with E-state index in [2.05, 4.69) is 20.5 Å². The van der Waals surface area contributed by atoms with Crippen LogP contribution in [0.15, 0.2) is 36.5 Å². The Morgan fingerprint density at radius 1 is 1.28 bits per heavy atom. The Morgan fingerprint density at radius 2 is 2.07 bits per heavy atom. The molecular formula is C21H25N5O3. The van der Waals surface area contributed by atoms with E-state index in [9.17, 15) is 9.90 Å². The van der Waals surface area contributed by atoms with Crippen molar-refractivity contribution in [2.45, 2.75) is 13.5 Å². The van der Waals surface area contributed by atoms with Crippen molar-refractivity contribution in [1.82, 2.24) is 14.9 Å². The highest BCUT2D eigenvalue weighted by molar-refractivity contribution is 6.07. The van der Waals surface area contributed by atoms with E-state index in [1.807, 2.05) is 23.6 Å². The van der Waals surface area contributed by atoms with E-state index in [0.29, 0.717) is 29.1 Å². The zero-order chi connectivity index (χ0) is 20.4. The van der Waals surface area contributed by atoms with E-state index >= 15 is 0 Å². The van der Waals surface area contributed by atoms with Gasteiger partial charge in [-0.15, -0.1) is 0 Å². The number of aromatic hydroxyl groups is 1. The molecule has 0 aliphatic carbocycles. The van der Waals surface area contributed by atoms with Crippen molar-refractivity contribution in [2.75, 3.05) is 43.5 Å². The molecule has 1 amide bonds. The van der Waals surface area contributed by atoms with Crippen LogP contribution in [0.25, 0.3) is 10.9 Å². The Balaban J connectivity index is 1.59. The van der Waals surface area contributed by atoms with Crippen LogP contribution in [0.3, 0.4) is 0 Å². The first-order chi connectivity index (χ1) is 14.1.